The number of benzene rings is 1. The Morgan fingerprint density at radius 1 is 1.43 bits per heavy atom. The lowest BCUT2D eigenvalue weighted by Gasteiger charge is -2.38. The maximum atomic E-state index is 12.4. The number of fused-ring (bicyclic) bond motifs is 1. The summed E-state index contributed by atoms with van der Waals surface area (Å²) in [5, 5.41) is 12.8. The van der Waals surface area contributed by atoms with E-state index < -0.39 is 0 Å². The molecule has 120 valence electrons. The van der Waals surface area contributed by atoms with Crippen LogP contribution < -0.4 is 10.1 Å². The Kier molecular flexibility index (Phi) is 3.79. The minimum atomic E-state index is -0.249. The van der Waals surface area contributed by atoms with E-state index in [0.29, 0.717) is 4.88 Å². The minimum absolute atomic E-state index is 0.0844. The molecule has 0 bridgehead atoms. The van der Waals surface area contributed by atoms with Crippen molar-refractivity contribution in [1.82, 2.24) is 10.3 Å². The lowest BCUT2D eigenvalue weighted by molar-refractivity contribution is 0.0235. The third kappa shape index (κ3) is 2.84. The van der Waals surface area contributed by atoms with Crippen molar-refractivity contribution in [2.45, 2.75) is 31.4 Å². The average molecular weight is 330 g/mol. The highest BCUT2D eigenvalue weighted by atomic mass is 32.1. The summed E-state index contributed by atoms with van der Waals surface area (Å²) < 4.78 is 5.56. The van der Waals surface area contributed by atoms with E-state index in [1.807, 2.05) is 12.1 Å². The Hall–Kier alpha value is -1.92. The molecule has 5 nitrogen and oxygen atoms in total. The number of aromatic nitrogens is 1. The standard InChI is InChI=1S/C17H18N2O3S/c20-13-6-12(7-13)16(19-17(21)15-8-18-9-23-15)11-1-2-14-10(5-11)3-4-22-14/h1-2,5,8-9,12-13,16,20H,3-4,6-7H2,(H,19,21)/t12?,13?,16-/m0/s1. The predicted octanol–water partition coefficient (Wildman–Crippen LogP) is 2.32. The number of carbonyl (C=O) groups is 1. The molecule has 1 saturated carbocycles. The second kappa shape index (κ2) is 5.94. The molecule has 2 aliphatic rings. The van der Waals surface area contributed by atoms with Crippen LogP contribution in [0.5, 0.6) is 5.75 Å². The van der Waals surface area contributed by atoms with Crippen molar-refractivity contribution in [3.63, 3.8) is 0 Å². The van der Waals surface area contributed by atoms with E-state index in [9.17, 15) is 9.90 Å². The van der Waals surface area contributed by atoms with Gasteiger partial charge < -0.3 is 15.2 Å². The first-order valence-corrected chi connectivity index (χ1v) is 8.71. The van der Waals surface area contributed by atoms with Crippen molar-refractivity contribution in [1.29, 1.82) is 0 Å². The van der Waals surface area contributed by atoms with Gasteiger partial charge in [0.15, 0.2) is 0 Å². The van der Waals surface area contributed by atoms with E-state index in [0.717, 1.165) is 37.2 Å². The first kappa shape index (κ1) is 14.7. The fourth-order valence-electron chi connectivity index (χ4n) is 3.32. The number of nitrogens with one attached hydrogen (secondary N) is 1. The summed E-state index contributed by atoms with van der Waals surface area (Å²) in [5.74, 6) is 1.10. The van der Waals surface area contributed by atoms with Crippen LogP contribution in [0, 0.1) is 5.92 Å². The molecule has 1 aromatic heterocycles. The molecule has 23 heavy (non-hydrogen) atoms. The fraction of sp³-hybridized carbons (Fsp3) is 0.412. The van der Waals surface area contributed by atoms with E-state index in [4.69, 9.17) is 4.74 Å². The number of carbonyl (C=O) groups excluding carboxylic acids is 1. The van der Waals surface area contributed by atoms with Gasteiger partial charge in [0, 0.05) is 6.42 Å². The Morgan fingerprint density at radius 3 is 3.04 bits per heavy atom. The SMILES string of the molecule is O=C(N[C@@H](c1ccc2c(c1)CCO2)C1CC(O)C1)c1cncs1. The van der Waals surface area contributed by atoms with Crippen molar-refractivity contribution >= 4 is 17.2 Å². The van der Waals surface area contributed by atoms with Crippen LogP contribution >= 0.6 is 11.3 Å². The Labute approximate surface area is 138 Å². The molecule has 0 radical (unpaired) electrons. The molecule has 1 aliphatic carbocycles. The smallest absolute Gasteiger partial charge is 0.263 e. The van der Waals surface area contributed by atoms with Gasteiger partial charge in [0.05, 0.1) is 30.5 Å². The molecule has 2 N–H and O–H groups in total. The molecule has 0 spiro atoms. The van der Waals surface area contributed by atoms with Crippen LogP contribution in [-0.2, 0) is 6.42 Å². The van der Waals surface area contributed by atoms with Crippen molar-refractivity contribution in [2.24, 2.45) is 5.92 Å². The van der Waals surface area contributed by atoms with E-state index in [1.165, 1.54) is 16.9 Å². The number of hydrogen-bond donors (Lipinski definition) is 2. The zero-order chi connectivity index (χ0) is 15.8. The highest BCUT2D eigenvalue weighted by Gasteiger charge is 2.36. The Morgan fingerprint density at radius 2 is 2.30 bits per heavy atom. The summed E-state index contributed by atoms with van der Waals surface area (Å²) in [4.78, 5) is 17.0. The summed E-state index contributed by atoms with van der Waals surface area (Å²) in [6.45, 7) is 0.721. The molecule has 1 fully saturated rings. The zero-order valence-electron chi connectivity index (χ0n) is 12.6. The van der Waals surface area contributed by atoms with Gasteiger partial charge in [-0.3, -0.25) is 9.78 Å². The van der Waals surface area contributed by atoms with Gasteiger partial charge >= 0.3 is 0 Å². The minimum Gasteiger partial charge on any atom is -0.493 e. The highest BCUT2D eigenvalue weighted by molar-refractivity contribution is 7.11. The second-order valence-electron chi connectivity index (χ2n) is 6.17. The van der Waals surface area contributed by atoms with Crippen molar-refractivity contribution < 1.29 is 14.6 Å². The molecular formula is C17H18N2O3S. The maximum absolute atomic E-state index is 12.4. The molecule has 1 aromatic carbocycles. The van der Waals surface area contributed by atoms with E-state index in [-0.39, 0.29) is 24.0 Å². The molecule has 6 heteroatoms. The summed E-state index contributed by atoms with van der Waals surface area (Å²) >= 11 is 1.33. The van der Waals surface area contributed by atoms with Crippen LogP contribution in [0.4, 0.5) is 0 Å². The number of thiazole rings is 1. The van der Waals surface area contributed by atoms with Gasteiger partial charge in [0.2, 0.25) is 0 Å². The van der Waals surface area contributed by atoms with Gasteiger partial charge in [-0.05, 0) is 42.0 Å². The normalized spacial score (nSPS) is 23.5. The first-order chi connectivity index (χ1) is 11.2. The second-order valence-corrected chi connectivity index (χ2v) is 7.05. The van der Waals surface area contributed by atoms with Crippen LogP contribution in [0.3, 0.4) is 0 Å². The zero-order valence-corrected chi connectivity index (χ0v) is 13.4. The number of aliphatic hydroxyl groups is 1. The maximum Gasteiger partial charge on any atom is 0.263 e. The van der Waals surface area contributed by atoms with Crippen molar-refractivity contribution in [3.05, 3.63) is 45.9 Å². The summed E-state index contributed by atoms with van der Waals surface area (Å²) in [5.41, 5.74) is 3.94. The molecule has 0 saturated heterocycles. The number of amides is 1. The van der Waals surface area contributed by atoms with E-state index in [1.54, 1.807) is 11.7 Å². The Balaban J connectivity index is 1.59. The number of ether oxygens (including phenoxy) is 1. The van der Waals surface area contributed by atoms with Gasteiger partial charge in [-0.2, -0.15) is 0 Å². The van der Waals surface area contributed by atoms with Crippen molar-refractivity contribution in [3.8, 4) is 5.75 Å². The molecule has 1 amide bonds. The van der Waals surface area contributed by atoms with Gasteiger partial charge in [-0.1, -0.05) is 6.07 Å². The number of nitrogens with zero attached hydrogens (tertiary/aromatic N) is 1. The van der Waals surface area contributed by atoms with Gasteiger partial charge in [-0.25, -0.2) is 0 Å². The molecular weight excluding hydrogens is 312 g/mol. The molecule has 0 unspecified atom stereocenters. The lowest BCUT2D eigenvalue weighted by Crippen LogP contribution is -2.41. The summed E-state index contributed by atoms with van der Waals surface area (Å²) in [6.07, 6.45) is 3.69. The summed E-state index contributed by atoms with van der Waals surface area (Å²) in [7, 11) is 0. The summed E-state index contributed by atoms with van der Waals surface area (Å²) in [6, 6.07) is 6.05. The van der Waals surface area contributed by atoms with Gasteiger partial charge in [0.25, 0.3) is 5.91 Å². The van der Waals surface area contributed by atoms with E-state index >= 15 is 0 Å². The van der Waals surface area contributed by atoms with Gasteiger partial charge in [-0.15, -0.1) is 11.3 Å². The highest BCUT2D eigenvalue weighted by Crippen LogP contribution is 2.40. The molecule has 4 rings (SSSR count). The third-order valence-electron chi connectivity index (χ3n) is 4.64. The monoisotopic (exact) mass is 330 g/mol. The van der Waals surface area contributed by atoms with E-state index in [2.05, 4.69) is 16.4 Å². The largest absolute Gasteiger partial charge is 0.493 e. The van der Waals surface area contributed by atoms with Crippen LogP contribution in [0.25, 0.3) is 0 Å². The number of rotatable bonds is 4. The molecule has 2 aromatic rings. The van der Waals surface area contributed by atoms with Crippen LogP contribution in [-0.4, -0.2) is 28.7 Å². The quantitative estimate of drug-likeness (QED) is 0.902. The lowest BCUT2D eigenvalue weighted by atomic mass is 9.75. The predicted molar refractivity (Wildman–Crippen MR) is 86.7 cm³/mol. The Bertz CT molecular complexity index is 711. The number of aliphatic hydroxyl groups excluding tert-OH is 1. The third-order valence-corrected chi connectivity index (χ3v) is 5.41. The van der Waals surface area contributed by atoms with Crippen LogP contribution in [0.1, 0.15) is 39.7 Å². The molecule has 1 aliphatic heterocycles. The fourth-order valence-corrected chi connectivity index (χ4v) is 3.84. The van der Waals surface area contributed by atoms with Crippen molar-refractivity contribution in [2.75, 3.05) is 6.61 Å². The van der Waals surface area contributed by atoms with Crippen LogP contribution in [0.15, 0.2) is 29.9 Å². The van der Waals surface area contributed by atoms with Crippen LogP contribution in [0.2, 0.25) is 0 Å². The number of hydrogen-bond acceptors (Lipinski definition) is 5. The average Bonchev–Trinajstić information content (AvgIpc) is 3.19. The first-order valence-electron chi connectivity index (χ1n) is 7.84. The topological polar surface area (TPSA) is 71.5 Å². The molecule has 1 atom stereocenters. The van der Waals surface area contributed by atoms with Gasteiger partial charge in [0.1, 0.15) is 10.6 Å². The molecule has 2 heterocycles.